The fraction of sp³-hybridized carbons (Fsp3) is 0.261. The molecule has 1 aliphatic carbocycles. The summed E-state index contributed by atoms with van der Waals surface area (Å²) < 4.78 is 83.8. The van der Waals surface area contributed by atoms with Gasteiger partial charge in [-0.1, -0.05) is 0 Å². The van der Waals surface area contributed by atoms with Crippen LogP contribution in [0.15, 0.2) is 49.3 Å². The summed E-state index contributed by atoms with van der Waals surface area (Å²) in [5.74, 6) is -3.18. The maximum absolute atomic E-state index is 14.1. The van der Waals surface area contributed by atoms with Crippen LogP contribution in [0.4, 0.5) is 32.0 Å². The molecule has 40 heavy (non-hydrogen) atoms. The summed E-state index contributed by atoms with van der Waals surface area (Å²) in [5.41, 5.74) is -1.60. The van der Waals surface area contributed by atoms with E-state index in [2.05, 4.69) is 35.7 Å². The van der Waals surface area contributed by atoms with Crippen molar-refractivity contribution in [2.24, 2.45) is 0 Å². The molecule has 0 saturated carbocycles. The van der Waals surface area contributed by atoms with Gasteiger partial charge in [-0.2, -0.15) is 41.6 Å². The van der Waals surface area contributed by atoms with Crippen LogP contribution in [0.1, 0.15) is 48.2 Å². The number of carbonyl (C=O) groups is 1. The molecular weight excluding hydrogens is 546 g/mol. The van der Waals surface area contributed by atoms with Crippen LogP contribution in [0.2, 0.25) is 0 Å². The van der Waals surface area contributed by atoms with E-state index < -0.39 is 47.3 Å². The summed E-state index contributed by atoms with van der Waals surface area (Å²) in [6.45, 7) is -1.27. The van der Waals surface area contributed by atoms with Crippen LogP contribution in [-0.2, 0) is 16.4 Å². The minimum Gasteiger partial charge on any atom is -0.324 e. The minimum atomic E-state index is -4.85. The van der Waals surface area contributed by atoms with E-state index in [4.69, 9.17) is 0 Å². The number of amides is 1. The Bertz CT molecular complexity index is 1740. The molecule has 5 aromatic heterocycles. The van der Waals surface area contributed by atoms with Gasteiger partial charge in [-0.05, 0) is 19.4 Å². The molecule has 11 nitrogen and oxygen atoms in total. The zero-order chi connectivity index (χ0) is 28.4. The van der Waals surface area contributed by atoms with E-state index in [0.717, 1.165) is 18.5 Å². The molecule has 1 aliphatic rings. The smallest absolute Gasteiger partial charge is 0.324 e. The van der Waals surface area contributed by atoms with Gasteiger partial charge < -0.3 is 5.32 Å². The minimum absolute atomic E-state index is 0.0276. The molecule has 0 aromatic carbocycles. The molecule has 0 saturated heterocycles. The van der Waals surface area contributed by atoms with Crippen LogP contribution < -0.4 is 5.32 Å². The maximum atomic E-state index is 14.1. The Hall–Kier alpha value is -4.83. The molecule has 1 amide bonds. The lowest BCUT2D eigenvalue weighted by atomic mass is 9.80. The molecule has 17 heteroatoms. The van der Waals surface area contributed by atoms with Crippen molar-refractivity contribution in [3.05, 3.63) is 77.6 Å². The number of hydrogen-bond donors (Lipinski definition) is 1. The number of anilines is 1. The molecule has 6 rings (SSSR count). The molecular formula is C23H16F6N10O. The van der Waals surface area contributed by atoms with E-state index in [-0.39, 0.29) is 17.8 Å². The summed E-state index contributed by atoms with van der Waals surface area (Å²) >= 11 is 0. The van der Waals surface area contributed by atoms with Gasteiger partial charge in [0.25, 0.3) is 0 Å². The first-order chi connectivity index (χ1) is 19.0. The lowest BCUT2D eigenvalue weighted by Gasteiger charge is -2.24. The first kappa shape index (κ1) is 25.4. The van der Waals surface area contributed by atoms with Crippen molar-refractivity contribution >= 4 is 17.2 Å². The Kier molecular flexibility index (Phi) is 5.63. The summed E-state index contributed by atoms with van der Waals surface area (Å²) in [6, 6.07) is 1.77. The van der Waals surface area contributed by atoms with Gasteiger partial charge in [0.2, 0.25) is 11.9 Å². The molecule has 1 N–H and O–H groups in total. The van der Waals surface area contributed by atoms with Crippen LogP contribution in [-0.4, -0.2) is 50.3 Å². The van der Waals surface area contributed by atoms with E-state index in [1.165, 1.54) is 29.3 Å². The second-order valence-corrected chi connectivity index (χ2v) is 9.28. The first-order valence-corrected chi connectivity index (χ1v) is 11.6. The highest BCUT2D eigenvalue weighted by Crippen LogP contribution is 2.50. The third kappa shape index (κ3) is 4.04. The number of carbonyl (C=O) groups excluding carboxylic acids is 1. The topological polar surface area (TPSA) is 121 Å². The molecule has 206 valence electrons. The zero-order valence-electron chi connectivity index (χ0n) is 20.2. The van der Waals surface area contributed by atoms with Crippen LogP contribution in [0.5, 0.6) is 0 Å². The van der Waals surface area contributed by atoms with E-state index in [9.17, 15) is 31.1 Å². The molecule has 0 spiro atoms. The standard InChI is InChI=1S/C23H16F6N10O/c1-22(11-7-34-37(10-11)21(25)26)6-13(14-9-30-17-5-16(24)36-38(17)18(14)22)20(40)35-12-4-15(23(27,28)29)19(31-8-12)39-32-2-3-33-39/h2-5,7-10,13,21H,6H2,1H3,(H,35,40)/t13-,22-/m0/s1. The molecule has 2 atom stereocenters. The summed E-state index contributed by atoms with van der Waals surface area (Å²) in [4.78, 5) is 22.2. The Labute approximate surface area is 219 Å². The SMILES string of the molecule is C[C@@]1(c2cnn(C(F)F)c2)C[C@H](C(=O)Nc2cnc(-n3nccn3)c(C(F)(F)F)c2)c2cnc3cc(F)nn3c21. The summed E-state index contributed by atoms with van der Waals surface area (Å²) in [6.07, 6.45) is 2.19. The van der Waals surface area contributed by atoms with E-state index in [1.54, 1.807) is 6.92 Å². The fourth-order valence-electron chi connectivity index (χ4n) is 5.01. The number of aromatic nitrogens is 9. The molecule has 0 bridgehead atoms. The van der Waals surface area contributed by atoms with Crippen molar-refractivity contribution < 1.29 is 31.1 Å². The van der Waals surface area contributed by atoms with Crippen molar-refractivity contribution in [2.45, 2.75) is 37.4 Å². The Morgan fingerprint density at radius 1 is 1.10 bits per heavy atom. The van der Waals surface area contributed by atoms with Gasteiger partial charge in [0, 0.05) is 35.0 Å². The summed E-state index contributed by atoms with van der Waals surface area (Å²) in [5, 5.41) is 17.3. The largest absolute Gasteiger partial charge is 0.420 e. The van der Waals surface area contributed by atoms with Gasteiger partial charge in [0.15, 0.2) is 11.5 Å². The average Bonchev–Trinajstić information content (AvgIpc) is 3.68. The predicted molar refractivity (Wildman–Crippen MR) is 123 cm³/mol. The molecule has 0 aliphatic heterocycles. The number of nitrogens with zero attached hydrogens (tertiary/aromatic N) is 9. The molecule has 0 radical (unpaired) electrons. The number of fused-ring (bicyclic) bond motifs is 3. The van der Waals surface area contributed by atoms with E-state index >= 15 is 0 Å². The lowest BCUT2D eigenvalue weighted by molar-refractivity contribution is -0.137. The second-order valence-electron chi connectivity index (χ2n) is 9.28. The van der Waals surface area contributed by atoms with Gasteiger partial charge in [-0.25, -0.2) is 19.2 Å². The Balaban J connectivity index is 1.40. The number of nitrogens with one attached hydrogen (secondary N) is 1. The highest BCUT2D eigenvalue weighted by molar-refractivity contribution is 5.97. The van der Waals surface area contributed by atoms with E-state index in [0.29, 0.717) is 32.4 Å². The number of halogens is 6. The molecule has 5 aromatic rings. The molecule has 5 heterocycles. The molecule has 0 fully saturated rings. The van der Waals surface area contributed by atoms with Gasteiger partial charge in [0.05, 0.1) is 42.1 Å². The third-order valence-electron chi connectivity index (χ3n) is 6.80. The van der Waals surface area contributed by atoms with Crippen molar-refractivity contribution in [1.29, 1.82) is 0 Å². The van der Waals surface area contributed by atoms with Crippen LogP contribution in [0, 0.1) is 5.95 Å². The van der Waals surface area contributed by atoms with Crippen LogP contribution >= 0.6 is 0 Å². The molecule has 0 unspecified atom stereocenters. The second kappa shape index (κ2) is 8.85. The highest BCUT2D eigenvalue weighted by Gasteiger charge is 2.48. The van der Waals surface area contributed by atoms with Crippen LogP contribution in [0.25, 0.3) is 11.5 Å². The van der Waals surface area contributed by atoms with Gasteiger partial charge in [-0.3, -0.25) is 4.79 Å². The fourth-order valence-corrected chi connectivity index (χ4v) is 5.01. The van der Waals surface area contributed by atoms with Gasteiger partial charge >= 0.3 is 12.7 Å². The Morgan fingerprint density at radius 3 is 2.52 bits per heavy atom. The normalized spacial score (nSPS) is 18.9. The third-order valence-corrected chi connectivity index (χ3v) is 6.80. The van der Waals surface area contributed by atoms with Crippen molar-refractivity contribution in [3.63, 3.8) is 0 Å². The monoisotopic (exact) mass is 562 g/mol. The number of pyridine rings is 1. The van der Waals surface area contributed by atoms with Crippen molar-refractivity contribution in [2.75, 3.05) is 5.32 Å². The average molecular weight is 562 g/mol. The van der Waals surface area contributed by atoms with Gasteiger partial charge in [0.1, 0.15) is 5.56 Å². The highest BCUT2D eigenvalue weighted by atomic mass is 19.4. The lowest BCUT2D eigenvalue weighted by Crippen LogP contribution is -2.25. The quantitative estimate of drug-likeness (QED) is 0.323. The van der Waals surface area contributed by atoms with Crippen molar-refractivity contribution in [3.8, 4) is 5.82 Å². The van der Waals surface area contributed by atoms with E-state index in [1.807, 2.05) is 0 Å². The van der Waals surface area contributed by atoms with Crippen LogP contribution in [0.3, 0.4) is 0 Å². The predicted octanol–water partition coefficient (Wildman–Crippen LogP) is 3.89. The first-order valence-electron chi connectivity index (χ1n) is 11.6. The number of alkyl halides is 5. The number of hydrogen-bond acceptors (Lipinski definition) is 7. The zero-order valence-corrected chi connectivity index (χ0v) is 20.2. The van der Waals surface area contributed by atoms with Gasteiger partial charge in [-0.15, -0.1) is 9.90 Å². The summed E-state index contributed by atoms with van der Waals surface area (Å²) in [7, 11) is 0. The number of rotatable bonds is 5. The van der Waals surface area contributed by atoms with Crippen molar-refractivity contribution in [1.82, 2.24) is 44.4 Å². The Morgan fingerprint density at radius 2 is 1.85 bits per heavy atom. The maximum Gasteiger partial charge on any atom is 0.420 e.